The second-order valence-corrected chi connectivity index (χ2v) is 3.12. The van der Waals surface area contributed by atoms with Gasteiger partial charge < -0.3 is 4.84 Å². The van der Waals surface area contributed by atoms with Gasteiger partial charge in [-0.05, 0) is 6.92 Å². The van der Waals surface area contributed by atoms with E-state index in [1.807, 2.05) is 30.3 Å². The molecule has 0 saturated heterocycles. The Hall–Kier alpha value is -2.03. The lowest BCUT2D eigenvalue weighted by Gasteiger charge is -2.08. The third-order valence-corrected chi connectivity index (χ3v) is 1.74. The van der Waals surface area contributed by atoms with Gasteiger partial charge in [-0.3, -0.25) is 0 Å². The van der Waals surface area contributed by atoms with E-state index in [0.29, 0.717) is 11.3 Å². The molecule has 0 aliphatic rings. The average Bonchev–Trinajstić information content (AvgIpc) is 2.26. The molecule has 1 N–H and O–H groups in total. The zero-order chi connectivity index (χ0) is 11.3. The molecule has 0 radical (unpaired) electrons. The zero-order valence-electron chi connectivity index (χ0n) is 8.62. The van der Waals surface area contributed by atoms with Crippen molar-refractivity contribution in [2.24, 2.45) is 0 Å². The van der Waals surface area contributed by atoms with Crippen LogP contribution >= 0.6 is 0 Å². The van der Waals surface area contributed by atoms with Gasteiger partial charge in [-0.25, -0.2) is 10.3 Å². The minimum absolute atomic E-state index is 0.336. The van der Waals surface area contributed by atoms with Gasteiger partial charge in [-0.15, -0.1) is 0 Å². The molecule has 0 saturated carbocycles. The predicted octanol–water partition coefficient (Wildman–Crippen LogP) is 2.28. The smallest absolute Gasteiger partial charge is 0.338 e. The number of benzene rings is 1. The normalized spacial score (nSPS) is 9.13. The summed E-state index contributed by atoms with van der Waals surface area (Å²) in [6.45, 7) is 8.78. The zero-order valence-corrected chi connectivity index (χ0v) is 8.62. The molecule has 15 heavy (non-hydrogen) atoms. The maximum Gasteiger partial charge on any atom is 0.357 e. The molecule has 1 aromatic carbocycles. The number of hydrogen-bond donors (Lipinski definition) is 1. The third kappa shape index (κ3) is 3.31. The summed E-state index contributed by atoms with van der Waals surface area (Å²) in [4.78, 5) is 15.8. The van der Waals surface area contributed by atoms with Crippen LogP contribution in [-0.2, 0) is 9.63 Å². The molecular formula is C12H13NO2. The lowest BCUT2D eigenvalue weighted by Crippen LogP contribution is -2.18. The van der Waals surface area contributed by atoms with Gasteiger partial charge in [-0.1, -0.05) is 43.5 Å². The van der Waals surface area contributed by atoms with Crippen LogP contribution in [-0.4, -0.2) is 5.97 Å². The highest BCUT2D eigenvalue weighted by atomic mass is 16.7. The number of rotatable bonds is 4. The van der Waals surface area contributed by atoms with Gasteiger partial charge in [0, 0.05) is 11.1 Å². The molecule has 0 aliphatic carbocycles. The molecule has 0 amide bonds. The lowest BCUT2D eigenvalue weighted by atomic mass is 10.2. The second-order valence-electron chi connectivity index (χ2n) is 3.12. The number of hydrogen-bond acceptors (Lipinski definition) is 3. The lowest BCUT2D eigenvalue weighted by molar-refractivity contribution is -0.143. The SMILES string of the molecule is C=C(C)C(=O)ONC(=C)c1ccccc1. The Balaban J connectivity index is 2.51. The average molecular weight is 203 g/mol. The Morgan fingerprint density at radius 3 is 2.40 bits per heavy atom. The summed E-state index contributed by atoms with van der Waals surface area (Å²) in [5, 5.41) is 0. The Bertz CT molecular complexity index is 382. The number of hydroxylamine groups is 1. The van der Waals surface area contributed by atoms with Crippen LogP contribution in [0.3, 0.4) is 0 Å². The van der Waals surface area contributed by atoms with Gasteiger partial charge >= 0.3 is 5.97 Å². The summed E-state index contributed by atoms with van der Waals surface area (Å²) >= 11 is 0. The first-order chi connectivity index (χ1) is 7.11. The first-order valence-electron chi connectivity index (χ1n) is 4.48. The number of carbonyl (C=O) groups excluding carboxylic acids is 1. The summed E-state index contributed by atoms with van der Waals surface area (Å²) in [6, 6.07) is 9.39. The van der Waals surface area contributed by atoms with Crippen LogP contribution < -0.4 is 5.48 Å². The summed E-state index contributed by atoms with van der Waals surface area (Å²) in [6.07, 6.45) is 0. The van der Waals surface area contributed by atoms with Crippen molar-refractivity contribution < 1.29 is 9.63 Å². The van der Waals surface area contributed by atoms with Crippen molar-refractivity contribution in [2.75, 3.05) is 0 Å². The standard InChI is InChI=1S/C12H13NO2/c1-9(2)12(14)15-13-10(3)11-7-5-4-6-8-11/h4-8,13H,1,3H2,2H3. The van der Waals surface area contributed by atoms with Gasteiger partial charge in [-0.2, -0.15) is 0 Å². The first kappa shape index (κ1) is 11.0. The predicted molar refractivity (Wildman–Crippen MR) is 59.5 cm³/mol. The van der Waals surface area contributed by atoms with Gasteiger partial charge in [0.1, 0.15) is 0 Å². The molecule has 78 valence electrons. The van der Waals surface area contributed by atoms with E-state index in [1.54, 1.807) is 6.92 Å². The summed E-state index contributed by atoms with van der Waals surface area (Å²) < 4.78 is 0. The van der Waals surface area contributed by atoms with E-state index >= 15 is 0 Å². The van der Waals surface area contributed by atoms with E-state index in [2.05, 4.69) is 18.6 Å². The van der Waals surface area contributed by atoms with Crippen LogP contribution in [0.25, 0.3) is 5.70 Å². The second kappa shape index (κ2) is 5.00. The fraction of sp³-hybridized carbons (Fsp3) is 0.0833. The van der Waals surface area contributed by atoms with Gasteiger partial charge in [0.2, 0.25) is 0 Å². The fourth-order valence-electron chi connectivity index (χ4n) is 0.893. The topological polar surface area (TPSA) is 38.3 Å². The number of nitrogens with one attached hydrogen (secondary N) is 1. The highest BCUT2D eigenvalue weighted by Gasteiger charge is 2.04. The van der Waals surface area contributed by atoms with Crippen molar-refractivity contribution in [3.8, 4) is 0 Å². The summed E-state index contributed by atoms with van der Waals surface area (Å²) in [5.41, 5.74) is 4.21. The van der Waals surface area contributed by atoms with Crippen LogP contribution in [0.4, 0.5) is 0 Å². The van der Waals surface area contributed by atoms with Crippen molar-refractivity contribution in [1.29, 1.82) is 0 Å². The summed E-state index contributed by atoms with van der Waals surface area (Å²) in [5.74, 6) is -0.493. The van der Waals surface area contributed by atoms with Crippen molar-refractivity contribution in [3.05, 3.63) is 54.6 Å². The summed E-state index contributed by atoms with van der Waals surface area (Å²) in [7, 11) is 0. The molecule has 0 unspecified atom stereocenters. The number of carbonyl (C=O) groups is 1. The highest BCUT2D eigenvalue weighted by molar-refractivity contribution is 5.87. The van der Waals surface area contributed by atoms with Crippen molar-refractivity contribution >= 4 is 11.7 Å². The Morgan fingerprint density at radius 1 is 1.27 bits per heavy atom. The maximum absolute atomic E-state index is 11.1. The molecule has 1 aromatic rings. The van der Waals surface area contributed by atoms with E-state index < -0.39 is 5.97 Å². The monoisotopic (exact) mass is 203 g/mol. The van der Waals surface area contributed by atoms with E-state index in [9.17, 15) is 4.79 Å². The van der Waals surface area contributed by atoms with Gasteiger partial charge in [0.15, 0.2) is 0 Å². The minimum atomic E-state index is -0.493. The minimum Gasteiger partial charge on any atom is -0.338 e. The van der Waals surface area contributed by atoms with Crippen LogP contribution in [0.15, 0.2) is 49.1 Å². The fourth-order valence-corrected chi connectivity index (χ4v) is 0.893. The van der Waals surface area contributed by atoms with Crippen LogP contribution in [0, 0.1) is 0 Å². The molecule has 0 atom stereocenters. The van der Waals surface area contributed by atoms with E-state index in [-0.39, 0.29) is 0 Å². The first-order valence-corrected chi connectivity index (χ1v) is 4.48. The third-order valence-electron chi connectivity index (χ3n) is 1.74. The Kier molecular flexibility index (Phi) is 3.68. The van der Waals surface area contributed by atoms with Crippen LogP contribution in [0.5, 0.6) is 0 Å². The maximum atomic E-state index is 11.1. The Morgan fingerprint density at radius 2 is 1.87 bits per heavy atom. The molecule has 0 heterocycles. The van der Waals surface area contributed by atoms with Crippen molar-refractivity contribution in [3.63, 3.8) is 0 Å². The Labute approximate surface area is 89.0 Å². The molecule has 3 nitrogen and oxygen atoms in total. The van der Waals surface area contributed by atoms with E-state index in [4.69, 9.17) is 4.84 Å². The molecule has 0 bridgehead atoms. The van der Waals surface area contributed by atoms with E-state index in [1.165, 1.54) is 0 Å². The van der Waals surface area contributed by atoms with Gasteiger partial charge in [0.05, 0.1) is 5.70 Å². The molecule has 0 aliphatic heterocycles. The van der Waals surface area contributed by atoms with Gasteiger partial charge in [0.25, 0.3) is 0 Å². The highest BCUT2D eigenvalue weighted by Crippen LogP contribution is 2.08. The van der Waals surface area contributed by atoms with Crippen LogP contribution in [0.2, 0.25) is 0 Å². The van der Waals surface area contributed by atoms with E-state index in [0.717, 1.165) is 5.56 Å². The molecule has 0 fully saturated rings. The molecule has 3 heteroatoms. The molecule has 0 spiro atoms. The van der Waals surface area contributed by atoms with Crippen LogP contribution in [0.1, 0.15) is 12.5 Å². The molecular weight excluding hydrogens is 190 g/mol. The largest absolute Gasteiger partial charge is 0.357 e. The molecule has 0 aromatic heterocycles. The van der Waals surface area contributed by atoms with Crippen molar-refractivity contribution in [1.82, 2.24) is 5.48 Å². The molecule has 1 rings (SSSR count). The van der Waals surface area contributed by atoms with Crippen molar-refractivity contribution in [2.45, 2.75) is 6.92 Å². The quantitative estimate of drug-likeness (QED) is 0.602.